The minimum Gasteiger partial charge on any atom is -0.305 e. The number of carbonyl (C=O) groups excluding carboxylic acids is 1. The number of fused-ring (bicyclic) bond motifs is 1. The number of nitrogens with zero attached hydrogens (tertiary/aromatic N) is 2. The lowest BCUT2D eigenvalue weighted by atomic mass is 10.2. The van der Waals surface area contributed by atoms with E-state index in [1.165, 1.54) is 35.6 Å². The van der Waals surface area contributed by atoms with Gasteiger partial charge in [0, 0.05) is 16.3 Å². The first-order chi connectivity index (χ1) is 12.3. The van der Waals surface area contributed by atoms with Crippen molar-refractivity contribution in [2.45, 2.75) is 11.4 Å². The van der Waals surface area contributed by atoms with Gasteiger partial charge in [-0.25, -0.2) is 8.42 Å². The molecular formula is C18H13BrN2O3S2. The number of aromatic nitrogens is 1. The Morgan fingerprint density at radius 2 is 1.96 bits per heavy atom. The summed E-state index contributed by atoms with van der Waals surface area (Å²) in [5.41, 5.74) is 1.21. The molecule has 0 unspecified atom stereocenters. The Balaban J connectivity index is 2.08. The molecule has 1 aromatic heterocycles. The van der Waals surface area contributed by atoms with E-state index in [4.69, 9.17) is 6.42 Å². The van der Waals surface area contributed by atoms with Crippen molar-refractivity contribution in [1.82, 2.24) is 4.57 Å². The molecule has 0 fully saturated rings. The number of terminal acetylenes is 1. The van der Waals surface area contributed by atoms with Crippen molar-refractivity contribution in [3.05, 3.63) is 57.3 Å². The van der Waals surface area contributed by atoms with E-state index in [2.05, 4.69) is 26.8 Å². The first-order valence-corrected chi connectivity index (χ1v) is 10.9. The van der Waals surface area contributed by atoms with Gasteiger partial charge in [-0.05, 0) is 42.5 Å². The largest absolute Gasteiger partial charge is 0.305 e. The van der Waals surface area contributed by atoms with Gasteiger partial charge in [0.1, 0.15) is 0 Å². The number of hydrogen-bond donors (Lipinski definition) is 0. The van der Waals surface area contributed by atoms with E-state index in [0.717, 1.165) is 20.9 Å². The molecule has 0 N–H and O–H groups in total. The SMILES string of the molecule is C#CCn1c(=NC(=O)c2ccc(S(C)(=O)=O)cc2)sc2cc(Br)ccc21. The van der Waals surface area contributed by atoms with Crippen LogP contribution >= 0.6 is 27.3 Å². The molecule has 0 spiro atoms. The second kappa shape index (κ2) is 7.19. The standard InChI is InChI=1S/C18H13BrN2O3S2/c1-3-10-21-15-9-6-13(19)11-16(15)25-18(21)20-17(22)12-4-7-14(8-5-12)26(2,23)24/h1,4-9,11H,10H2,2H3. The first-order valence-electron chi connectivity index (χ1n) is 7.41. The molecule has 0 atom stereocenters. The minimum atomic E-state index is -3.31. The Bertz CT molecular complexity index is 1210. The summed E-state index contributed by atoms with van der Waals surface area (Å²) in [6.07, 6.45) is 6.57. The number of carbonyl (C=O) groups is 1. The van der Waals surface area contributed by atoms with E-state index in [1.807, 2.05) is 18.2 Å². The normalized spacial score (nSPS) is 12.3. The summed E-state index contributed by atoms with van der Waals surface area (Å²) in [6, 6.07) is 11.5. The average molecular weight is 449 g/mol. The summed E-state index contributed by atoms with van der Waals surface area (Å²) in [7, 11) is -3.31. The summed E-state index contributed by atoms with van der Waals surface area (Å²) < 4.78 is 26.7. The zero-order valence-electron chi connectivity index (χ0n) is 13.6. The lowest BCUT2D eigenvalue weighted by Crippen LogP contribution is -2.16. The van der Waals surface area contributed by atoms with Crippen LogP contribution < -0.4 is 4.80 Å². The van der Waals surface area contributed by atoms with E-state index < -0.39 is 15.7 Å². The van der Waals surface area contributed by atoms with Crippen LogP contribution in [0.15, 0.2) is 56.8 Å². The number of sulfone groups is 1. The molecule has 1 heterocycles. The predicted molar refractivity (Wildman–Crippen MR) is 106 cm³/mol. The van der Waals surface area contributed by atoms with E-state index in [-0.39, 0.29) is 4.90 Å². The van der Waals surface area contributed by atoms with Gasteiger partial charge >= 0.3 is 0 Å². The number of amides is 1. The molecule has 0 radical (unpaired) electrons. The highest BCUT2D eigenvalue weighted by Crippen LogP contribution is 2.22. The van der Waals surface area contributed by atoms with Crippen LogP contribution in [-0.4, -0.2) is 25.1 Å². The second-order valence-corrected chi connectivity index (χ2v) is 9.44. The number of hydrogen-bond acceptors (Lipinski definition) is 4. The van der Waals surface area contributed by atoms with Crippen LogP contribution in [0.5, 0.6) is 0 Å². The molecule has 0 bridgehead atoms. The zero-order chi connectivity index (χ0) is 18.9. The van der Waals surface area contributed by atoms with Crippen LogP contribution in [0.3, 0.4) is 0 Å². The highest BCUT2D eigenvalue weighted by Gasteiger charge is 2.11. The van der Waals surface area contributed by atoms with Gasteiger partial charge < -0.3 is 4.57 Å². The molecule has 0 aliphatic heterocycles. The lowest BCUT2D eigenvalue weighted by molar-refractivity contribution is 0.0998. The molecule has 5 nitrogen and oxygen atoms in total. The zero-order valence-corrected chi connectivity index (χ0v) is 16.9. The average Bonchev–Trinajstić information content (AvgIpc) is 2.91. The molecule has 8 heteroatoms. The molecule has 1 amide bonds. The van der Waals surface area contributed by atoms with Crippen LogP contribution in [0.2, 0.25) is 0 Å². The Morgan fingerprint density at radius 1 is 1.27 bits per heavy atom. The Labute approximate surface area is 163 Å². The van der Waals surface area contributed by atoms with Crippen molar-refractivity contribution in [3.63, 3.8) is 0 Å². The fourth-order valence-electron chi connectivity index (χ4n) is 2.37. The molecule has 2 aromatic carbocycles. The van der Waals surface area contributed by atoms with Crippen molar-refractivity contribution in [1.29, 1.82) is 0 Å². The maximum absolute atomic E-state index is 12.5. The molecular weight excluding hydrogens is 436 g/mol. The number of thiazole rings is 1. The van der Waals surface area contributed by atoms with Gasteiger partial charge in [0.2, 0.25) is 0 Å². The van der Waals surface area contributed by atoms with Gasteiger partial charge in [0.15, 0.2) is 14.6 Å². The molecule has 3 rings (SSSR count). The van der Waals surface area contributed by atoms with Crippen molar-refractivity contribution in [2.24, 2.45) is 4.99 Å². The van der Waals surface area contributed by atoms with Crippen LogP contribution in [0.25, 0.3) is 10.2 Å². The molecule has 0 saturated carbocycles. The van der Waals surface area contributed by atoms with Crippen molar-refractivity contribution in [3.8, 4) is 12.3 Å². The predicted octanol–water partition coefficient (Wildman–Crippen LogP) is 3.24. The first kappa shape index (κ1) is 18.6. The van der Waals surface area contributed by atoms with Crippen LogP contribution in [0.1, 0.15) is 10.4 Å². The molecule has 132 valence electrons. The van der Waals surface area contributed by atoms with E-state index in [9.17, 15) is 13.2 Å². The van der Waals surface area contributed by atoms with Crippen molar-refractivity contribution in [2.75, 3.05) is 6.26 Å². The molecule has 26 heavy (non-hydrogen) atoms. The molecule has 0 aliphatic carbocycles. The molecule has 0 saturated heterocycles. The quantitative estimate of drug-likeness (QED) is 0.577. The highest BCUT2D eigenvalue weighted by atomic mass is 79.9. The lowest BCUT2D eigenvalue weighted by Gasteiger charge is -2.01. The smallest absolute Gasteiger partial charge is 0.279 e. The van der Waals surface area contributed by atoms with Gasteiger partial charge in [-0.3, -0.25) is 4.79 Å². The van der Waals surface area contributed by atoms with Gasteiger partial charge in [0.05, 0.1) is 21.7 Å². The van der Waals surface area contributed by atoms with Gasteiger partial charge in [-0.1, -0.05) is 33.2 Å². The summed E-state index contributed by atoms with van der Waals surface area (Å²) in [4.78, 5) is 17.3. The molecule has 0 aliphatic rings. The van der Waals surface area contributed by atoms with Crippen molar-refractivity contribution >= 4 is 53.2 Å². The third kappa shape index (κ3) is 3.80. The topological polar surface area (TPSA) is 68.5 Å². The summed E-state index contributed by atoms with van der Waals surface area (Å²) >= 11 is 4.79. The number of benzene rings is 2. The van der Waals surface area contributed by atoms with Gasteiger partial charge in [0.25, 0.3) is 5.91 Å². The summed E-state index contributed by atoms with van der Waals surface area (Å²) in [5, 5.41) is 0. The van der Waals surface area contributed by atoms with Crippen LogP contribution in [0, 0.1) is 12.3 Å². The maximum atomic E-state index is 12.5. The monoisotopic (exact) mass is 448 g/mol. The summed E-state index contributed by atoms with van der Waals surface area (Å²) in [6.45, 7) is 0.292. The fourth-order valence-corrected chi connectivity index (χ4v) is 4.58. The third-order valence-corrected chi connectivity index (χ3v) is 6.28. The minimum absolute atomic E-state index is 0.156. The van der Waals surface area contributed by atoms with Crippen molar-refractivity contribution < 1.29 is 13.2 Å². The Morgan fingerprint density at radius 3 is 2.58 bits per heavy atom. The number of halogens is 1. The van der Waals surface area contributed by atoms with E-state index >= 15 is 0 Å². The summed E-state index contributed by atoms with van der Waals surface area (Å²) in [5.74, 6) is 2.12. The molecule has 3 aromatic rings. The van der Waals surface area contributed by atoms with Crippen LogP contribution in [0.4, 0.5) is 0 Å². The Kier molecular flexibility index (Phi) is 5.14. The highest BCUT2D eigenvalue weighted by molar-refractivity contribution is 9.10. The van der Waals surface area contributed by atoms with Crippen LogP contribution in [-0.2, 0) is 16.4 Å². The van der Waals surface area contributed by atoms with Gasteiger partial charge in [-0.2, -0.15) is 4.99 Å². The fraction of sp³-hybridized carbons (Fsp3) is 0.111. The number of rotatable bonds is 3. The van der Waals surface area contributed by atoms with E-state index in [0.29, 0.717) is 16.9 Å². The second-order valence-electron chi connectivity index (χ2n) is 5.50. The third-order valence-electron chi connectivity index (χ3n) is 3.62. The Hall–Kier alpha value is -2.21. The van der Waals surface area contributed by atoms with E-state index in [1.54, 1.807) is 4.57 Å². The van der Waals surface area contributed by atoms with Gasteiger partial charge in [-0.15, -0.1) is 6.42 Å². The maximum Gasteiger partial charge on any atom is 0.279 e.